The molecule has 0 amide bonds. The Morgan fingerprint density at radius 3 is 2.69 bits per heavy atom. The minimum Gasteiger partial charge on any atom is -0.303 e. The molecule has 0 saturated carbocycles. The second-order valence-corrected chi connectivity index (χ2v) is 4.58. The van der Waals surface area contributed by atoms with Crippen LogP contribution in [0.1, 0.15) is 33.6 Å². The molecule has 1 fully saturated rings. The standard InChI is InChI=1S/C11H21NO/c1-9(2)4-6-12-7-5-11(8-12)10(3)13/h9,11H,4-8H2,1-3H3/t11-/m1/s1. The molecule has 1 atom stereocenters. The van der Waals surface area contributed by atoms with E-state index in [9.17, 15) is 4.79 Å². The fraction of sp³-hybridized carbons (Fsp3) is 0.909. The third-order valence-electron chi connectivity index (χ3n) is 2.87. The van der Waals surface area contributed by atoms with Crippen LogP contribution in [-0.2, 0) is 4.79 Å². The summed E-state index contributed by atoms with van der Waals surface area (Å²) in [6, 6.07) is 0. The van der Waals surface area contributed by atoms with E-state index in [-0.39, 0.29) is 0 Å². The topological polar surface area (TPSA) is 20.3 Å². The number of hydrogen-bond donors (Lipinski definition) is 0. The van der Waals surface area contributed by atoms with Gasteiger partial charge in [-0.2, -0.15) is 0 Å². The quantitative estimate of drug-likeness (QED) is 0.664. The minimum atomic E-state index is 0.326. The highest BCUT2D eigenvalue weighted by Crippen LogP contribution is 2.17. The van der Waals surface area contributed by atoms with Crippen molar-refractivity contribution in [3.8, 4) is 0 Å². The second-order valence-electron chi connectivity index (χ2n) is 4.58. The Balaban J connectivity index is 2.21. The van der Waals surface area contributed by atoms with Gasteiger partial charge in [0.1, 0.15) is 5.78 Å². The number of hydrogen-bond acceptors (Lipinski definition) is 2. The number of carbonyl (C=O) groups excluding carboxylic acids is 1. The van der Waals surface area contributed by atoms with Gasteiger partial charge in [0.05, 0.1) is 0 Å². The molecule has 76 valence electrons. The van der Waals surface area contributed by atoms with E-state index in [1.807, 2.05) is 0 Å². The van der Waals surface area contributed by atoms with Gasteiger partial charge in [0.25, 0.3) is 0 Å². The molecule has 13 heavy (non-hydrogen) atoms. The Bertz CT molecular complexity index is 177. The smallest absolute Gasteiger partial charge is 0.134 e. The van der Waals surface area contributed by atoms with Crippen molar-refractivity contribution in [3.05, 3.63) is 0 Å². The second kappa shape index (κ2) is 4.75. The van der Waals surface area contributed by atoms with Crippen molar-refractivity contribution >= 4 is 5.78 Å². The first-order valence-electron chi connectivity index (χ1n) is 5.32. The average molecular weight is 183 g/mol. The summed E-state index contributed by atoms with van der Waals surface area (Å²) >= 11 is 0. The third kappa shape index (κ3) is 3.47. The van der Waals surface area contributed by atoms with Crippen LogP contribution in [0.3, 0.4) is 0 Å². The van der Waals surface area contributed by atoms with Gasteiger partial charge in [0, 0.05) is 12.5 Å². The van der Waals surface area contributed by atoms with Crippen molar-refractivity contribution in [2.45, 2.75) is 33.6 Å². The highest BCUT2D eigenvalue weighted by atomic mass is 16.1. The predicted molar refractivity (Wildman–Crippen MR) is 54.7 cm³/mol. The van der Waals surface area contributed by atoms with Crippen LogP contribution in [-0.4, -0.2) is 30.3 Å². The van der Waals surface area contributed by atoms with Crippen LogP contribution >= 0.6 is 0 Å². The zero-order chi connectivity index (χ0) is 9.84. The van der Waals surface area contributed by atoms with Gasteiger partial charge < -0.3 is 4.90 Å². The molecule has 0 N–H and O–H groups in total. The Hall–Kier alpha value is -0.370. The van der Waals surface area contributed by atoms with Crippen LogP contribution in [0.25, 0.3) is 0 Å². The average Bonchev–Trinajstić information content (AvgIpc) is 2.48. The molecule has 0 aromatic rings. The minimum absolute atomic E-state index is 0.326. The van der Waals surface area contributed by atoms with Crippen LogP contribution in [0, 0.1) is 11.8 Å². The van der Waals surface area contributed by atoms with Gasteiger partial charge in [-0.15, -0.1) is 0 Å². The van der Waals surface area contributed by atoms with E-state index in [2.05, 4.69) is 18.7 Å². The largest absolute Gasteiger partial charge is 0.303 e. The van der Waals surface area contributed by atoms with Crippen LogP contribution in [0.15, 0.2) is 0 Å². The molecule has 0 bridgehead atoms. The molecule has 1 rings (SSSR count). The fourth-order valence-corrected chi connectivity index (χ4v) is 1.81. The zero-order valence-corrected chi connectivity index (χ0v) is 9.05. The Morgan fingerprint density at radius 2 is 2.23 bits per heavy atom. The summed E-state index contributed by atoms with van der Waals surface area (Å²) < 4.78 is 0. The Kier molecular flexibility index (Phi) is 3.91. The van der Waals surface area contributed by atoms with E-state index in [1.165, 1.54) is 13.0 Å². The molecule has 1 aliphatic heterocycles. The summed E-state index contributed by atoms with van der Waals surface area (Å²) in [6.07, 6.45) is 2.33. The van der Waals surface area contributed by atoms with Gasteiger partial charge in [-0.1, -0.05) is 13.8 Å². The van der Waals surface area contributed by atoms with Crippen LogP contribution in [0.5, 0.6) is 0 Å². The number of nitrogens with zero attached hydrogens (tertiary/aromatic N) is 1. The number of likely N-dealkylation sites (tertiary alicyclic amines) is 1. The van der Waals surface area contributed by atoms with Gasteiger partial charge in [-0.3, -0.25) is 4.79 Å². The van der Waals surface area contributed by atoms with Crippen molar-refractivity contribution in [2.24, 2.45) is 11.8 Å². The third-order valence-corrected chi connectivity index (χ3v) is 2.87. The molecule has 2 nitrogen and oxygen atoms in total. The lowest BCUT2D eigenvalue weighted by atomic mass is 10.1. The van der Waals surface area contributed by atoms with E-state index in [0.717, 1.165) is 25.4 Å². The summed E-state index contributed by atoms with van der Waals surface area (Å²) in [6.45, 7) is 9.51. The number of Topliss-reactive ketones (excluding diaryl/α,β-unsaturated/α-hetero) is 1. The van der Waals surface area contributed by atoms with Crippen LogP contribution in [0.4, 0.5) is 0 Å². The first kappa shape index (κ1) is 10.7. The van der Waals surface area contributed by atoms with Crippen molar-refractivity contribution in [1.82, 2.24) is 4.90 Å². The lowest BCUT2D eigenvalue weighted by Crippen LogP contribution is -2.24. The number of carbonyl (C=O) groups is 1. The molecule has 0 aromatic heterocycles. The monoisotopic (exact) mass is 183 g/mol. The first-order chi connectivity index (χ1) is 6.09. The highest BCUT2D eigenvalue weighted by molar-refractivity contribution is 5.78. The summed E-state index contributed by atoms with van der Waals surface area (Å²) in [4.78, 5) is 13.5. The summed E-state index contributed by atoms with van der Waals surface area (Å²) in [5.74, 6) is 1.47. The van der Waals surface area contributed by atoms with E-state index in [0.29, 0.717) is 11.7 Å². The van der Waals surface area contributed by atoms with E-state index in [4.69, 9.17) is 0 Å². The summed E-state index contributed by atoms with van der Waals surface area (Å²) in [5, 5.41) is 0. The SMILES string of the molecule is CC(=O)[C@@H]1CCN(CCC(C)C)C1. The maximum absolute atomic E-state index is 11.1. The number of rotatable bonds is 4. The summed E-state index contributed by atoms with van der Waals surface area (Å²) in [7, 11) is 0. The van der Waals surface area contributed by atoms with Crippen molar-refractivity contribution < 1.29 is 4.79 Å². The lowest BCUT2D eigenvalue weighted by Gasteiger charge is -2.16. The molecule has 0 aliphatic carbocycles. The molecule has 1 heterocycles. The predicted octanol–water partition coefficient (Wildman–Crippen LogP) is 1.94. The maximum Gasteiger partial charge on any atom is 0.134 e. The Morgan fingerprint density at radius 1 is 1.54 bits per heavy atom. The number of ketones is 1. The molecule has 0 aromatic carbocycles. The Labute approximate surface area is 81.3 Å². The van der Waals surface area contributed by atoms with Gasteiger partial charge >= 0.3 is 0 Å². The fourth-order valence-electron chi connectivity index (χ4n) is 1.81. The normalized spacial score (nSPS) is 24.2. The molecular formula is C11H21NO. The van der Waals surface area contributed by atoms with Gasteiger partial charge in [0.2, 0.25) is 0 Å². The van der Waals surface area contributed by atoms with Gasteiger partial charge in [0.15, 0.2) is 0 Å². The van der Waals surface area contributed by atoms with Crippen molar-refractivity contribution in [2.75, 3.05) is 19.6 Å². The summed E-state index contributed by atoms with van der Waals surface area (Å²) in [5.41, 5.74) is 0. The first-order valence-corrected chi connectivity index (χ1v) is 5.32. The molecular weight excluding hydrogens is 162 g/mol. The molecule has 1 saturated heterocycles. The van der Waals surface area contributed by atoms with Crippen molar-refractivity contribution in [1.29, 1.82) is 0 Å². The zero-order valence-electron chi connectivity index (χ0n) is 9.05. The van der Waals surface area contributed by atoms with Gasteiger partial charge in [-0.05, 0) is 38.8 Å². The molecule has 0 radical (unpaired) electrons. The van der Waals surface area contributed by atoms with E-state index < -0.39 is 0 Å². The van der Waals surface area contributed by atoms with Crippen LogP contribution < -0.4 is 0 Å². The van der Waals surface area contributed by atoms with E-state index in [1.54, 1.807) is 6.92 Å². The van der Waals surface area contributed by atoms with Crippen LogP contribution in [0.2, 0.25) is 0 Å². The maximum atomic E-state index is 11.1. The molecule has 0 spiro atoms. The van der Waals surface area contributed by atoms with E-state index >= 15 is 0 Å². The van der Waals surface area contributed by atoms with Gasteiger partial charge in [-0.25, -0.2) is 0 Å². The molecule has 2 heteroatoms. The molecule has 0 unspecified atom stereocenters. The molecule has 1 aliphatic rings. The lowest BCUT2D eigenvalue weighted by molar-refractivity contribution is -0.120. The van der Waals surface area contributed by atoms with Crippen molar-refractivity contribution in [3.63, 3.8) is 0 Å². The highest BCUT2D eigenvalue weighted by Gasteiger charge is 2.25.